The number of hydrogen-bond acceptors (Lipinski definition) is 4. The molecule has 0 unspecified atom stereocenters. The summed E-state index contributed by atoms with van der Waals surface area (Å²) in [5.74, 6) is 0.586. The number of hydrogen-bond donors (Lipinski definition) is 1. The van der Waals surface area contributed by atoms with Crippen molar-refractivity contribution in [2.45, 2.75) is 18.5 Å². The van der Waals surface area contributed by atoms with Gasteiger partial charge in [-0.3, -0.25) is 9.69 Å². The molecular formula is C30H29N3O3. The lowest BCUT2D eigenvalue weighted by Crippen LogP contribution is -2.46. The van der Waals surface area contributed by atoms with E-state index in [9.17, 15) is 9.59 Å². The molecule has 3 amide bonds. The molecule has 1 heterocycles. The second-order valence-electron chi connectivity index (χ2n) is 9.30. The predicted molar refractivity (Wildman–Crippen MR) is 140 cm³/mol. The Kier molecular flexibility index (Phi) is 6.44. The van der Waals surface area contributed by atoms with Crippen LogP contribution in [0.1, 0.15) is 16.7 Å². The first kappa shape index (κ1) is 23.6. The summed E-state index contributed by atoms with van der Waals surface area (Å²) in [6.45, 7) is 0.782. The van der Waals surface area contributed by atoms with Crippen LogP contribution in [0.3, 0.4) is 0 Å². The summed E-state index contributed by atoms with van der Waals surface area (Å²) in [4.78, 5) is 30.3. The molecule has 4 aromatic rings. The average molecular weight is 480 g/mol. The number of urea groups is 1. The highest BCUT2D eigenvalue weighted by molar-refractivity contribution is 6.07. The molecule has 0 aromatic heterocycles. The van der Waals surface area contributed by atoms with Gasteiger partial charge < -0.3 is 10.1 Å². The van der Waals surface area contributed by atoms with E-state index in [2.05, 4.69) is 23.5 Å². The van der Waals surface area contributed by atoms with Crippen LogP contribution in [-0.4, -0.2) is 42.6 Å². The van der Waals surface area contributed by atoms with Gasteiger partial charge in [0.25, 0.3) is 5.91 Å². The van der Waals surface area contributed by atoms with Crippen LogP contribution in [0, 0.1) is 0 Å². The molecule has 1 fully saturated rings. The number of imide groups is 1. The van der Waals surface area contributed by atoms with Crippen molar-refractivity contribution in [1.29, 1.82) is 0 Å². The first-order valence-electron chi connectivity index (χ1n) is 12.0. The minimum Gasteiger partial charge on any atom is -0.497 e. The molecular weight excluding hydrogens is 450 g/mol. The Balaban J connectivity index is 1.36. The smallest absolute Gasteiger partial charge is 0.326 e. The molecule has 36 heavy (non-hydrogen) atoms. The lowest BCUT2D eigenvalue weighted by molar-refractivity contribution is -0.133. The van der Waals surface area contributed by atoms with Crippen molar-refractivity contribution in [1.82, 2.24) is 15.1 Å². The molecule has 4 aromatic carbocycles. The summed E-state index contributed by atoms with van der Waals surface area (Å²) in [6.07, 6.45) is 0.386. The van der Waals surface area contributed by atoms with Crippen molar-refractivity contribution in [2.75, 3.05) is 20.8 Å². The average Bonchev–Trinajstić information content (AvgIpc) is 3.14. The van der Waals surface area contributed by atoms with Crippen LogP contribution < -0.4 is 10.1 Å². The molecule has 0 radical (unpaired) electrons. The van der Waals surface area contributed by atoms with E-state index in [4.69, 9.17) is 4.74 Å². The fourth-order valence-corrected chi connectivity index (χ4v) is 4.90. The number of ether oxygens (including phenoxy) is 1. The van der Waals surface area contributed by atoms with E-state index >= 15 is 0 Å². The van der Waals surface area contributed by atoms with E-state index in [1.54, 1.807) is 7.11 Å². The fourth-order valence-electron chi connectivity index (χ4n) is 4.90. The number of methoxy groups -OCH3 is 1. The van der Waals surface area contributed by atoms with Crippen molar-refractivity contribution in [3.63, 3.8) is 0 Å². The summed E-state index contributed by atoms with van der Waals surface area (Å²) in [7, 11) is 3.57. The van der Waals surface area contributed by atoms with Gasteiger partial charge in [0.2, 0.25) is 0 Å². The first-order chi connectivity index (χ1) is 17.5. The number of benzene rings is 4. The number of rotatable bonds is 8. The minimum atomic E-state index is -1.14. The largest absolute Gasteiger partial charge is 0.497 e. The van der Waals surface area contributed by atoms with Crippen molar-refractivity contribution in [3.05, 3.63) is 114 Å². The summed E-state index contributed by atoms with van der Waals surface area (Å²) in [5, 5.41) is 5.25. The number of nitrogens with one attached hydrogen (secondary N) is 1. The predicted octanol–water partition coefficient (Wildman–Crippen LogP) is 4.93. The summed E-state index contributed by atoms with van der Waals surface area (Å²) in [5.41, 5.74) is 1.73. The van der Waals surface area contributed by atoms with Crippen LogP contribution >= 0.6 is 0 Å². The Morgan fingerprint density at radius 3 is 2.22 bits per heavy atom. The monoisotopic (exact) mass is 479 g/mol. The Morgan fingerprint density at radius 1 is 0.833 bits per heavy atom. The highest BCUT2D eigenvalue weighted by Gasteiger charge is 2.52. The standard InChI is InChI=1S/C30H29N3O3/c1-32(20-23-13-14-25-18-27(36-2)16-15-24(25)17-23)21-33-28(34)30(31-29(33)35,26-11-7-4-8-12-26)19-22-9-5-3-6-10-22/h3-18H,19-21H2,1-2H3,(H,31,35)/t30-/m0/s1. The molecule has 0 saturated carbocycles. The van der Waals surface area contributed by atoms with Gasteiger partial charge in [-0.1, -0.05) is 78.9 Å². The molecule has 5 rings (SSSR count). The van der Waals surface area contributed by atoms with Gasteiger partial charge in [0.1, 0.15) is 5.75 Å². The van der Waals surface area contributed by atoms with Gasteiger partial charge in [0, 0.05) is 13.0 Å². The van der Waals surface area contributed by atoms with E-state index in [0.29, 0.717) is 13.0 Å². The van der Waals surface area contributed by atoms with Crippen molar-refractivity contribution < 1.29 is 14.3 Å². The van der Waals surface area contributed by atoms with Crippen LogP contribution in [0.15, 0.2) is 97.1 Å². The summed E-state index contributed by atoms with van der Waals surface area (Å²) >= 11 is 0. The van der Waals surface area contributed by atoms with E-state index in [0.717, 1.165) is 33.2 Å². The van der Waals surface area contributed by atoms with Gasteiger partial charge in [-0.05, 0) is 52.7 Å². The molecule has 0 aliphatic carbocycles. The third-order valence-electron chi connectivity index (χ3n) is 6.70. The van der Waals surface area contributed by atoms with Crippen molar-refractivity contribution >= 4 is 22.7 Å². The minimum absolute atomic E-state index is 0.189. The molecule has 6 heteroatoms. The summed E-state index contributed by atoms with van der Waals surface area (Å²) < 4.78 is 5.31. The molecule has 1 N–H and O–H groups in total. The van der Waals surface area contributed by atoms with Gasteiger partial charge in [0.15, 0.2) is 5.54 Å². The highest BCUT2D eigenvalue weighted by atomic mass is 16.5. The molecule has 182 valence electrons. The number of fused-ring (bicyclic) bond motifs is 1. The molecule has 6 nitrogen and oxygen atoms in total. The van der Waals surface area contributed by atoms with Crippen LogP contribution in [0.2, 0.25) is 0 Å². The maximum absolute atomic E-state index is 13.9. The van der Waals surface area contributed by atoms with Crippen LogP contribution in [0.25, 0.3) is 10.8 Å². The van der Waals surface area contributed by atoms with E-state index in [1.165, 1.54) is 4.90 Å². The Morgan fingerprint density at radius 2 is 1.50 bits per heavy atom. The SMILES string of the molecule is COc1ccc2cc(CN(C)CN3C(=O)N[C@@](Cc4ccccc4)(c4ccccc4)C3=O)ccc2c1. The third-order valence-corrected chi connectivity index (χ3v) is 6.70. The number of carbonyl (C=O) groups excluding carboxylic acids is 2. The van der Waals surface area contributed by atoms with Crippen LogP contribution in [0.4, 0.5) is 4.79 Å². The quantitative estimate of drug-likeness (QED) is 0.364. The Hall–Kier alpha value is -4.16. The molecule has 1 aliphatic heterocycles. The van der Waals surface area contributed by atoms with E-state index in [1.807, 2.05) is 90.8 Å². The zero-order valence-electron chi connectivity index (χ0n) is 20.5. The number of amides is 3. The van der Waals surface area contributed by atoms with Crippen molar-refractivity contribution in [2.24, 2.45) is 0 Å². The van der Waals surface area contributed by atoms with Gasteiger partial charge in [0.05, 0.1) is 13.8 Å². The molecule has 1 atom stereocenters. The third kappa shape index (κ3) is 4.55. The highest BCUT2D eigenvalue weighted by Crippen LogP contribution is 2.33. The maximum atomic E-state index is 13.9. The first-order valence-corrected chi connectivity index (χ1v) is 12.0. The van der Waals surface area contributed by atoms with Gasteiger partial charge in [-0.15, -0.1) is 0 Å². The maximum Gasteiger partial charge on any atom is 0.326 e. The zero-order valence-corrected chi connectivity index (χ0v) is 20.5. The van der Waals surface area contributed by atoms with Gasteiger partial charge >= 0.3 is 6.03 Å². The lowest BCUT2D eigenvalue weighted by Gasteiger charge is -2.28. The summed E-state index contributed by atoms with van der Waals surface area (Å²) in [6, 6.07) is 31.2. The molecule has 0 bridgehead atoms. The van der Waals surface area contributed by atoms with E-state index in [-0.39, 0.29) is 18.6 Å². The van der Waals surface area contributed by atoms with Gasteiger partial charge in [-0.2, -0.15) is 0 Å². The number of nitrogens with zero attached hydrogens (tertiary/aromatic N) is 2. The van der Waals surface area contributed by atoms with Gasteiger partial charge in [-0.25, -0.2) is 9.69 Å². The Bertz CT molecular complexity index is 1390. The topological polar surface area (TPSA) is 61.9 Å². The van der Waals surface area contributed by atoms with Crippen molar-refractivity contribution in [3.8, 4) is 5.75 Å². The number of carbonyl (C=O) groups is 2. The zero-order chi connectivity index (χ0) is 25.1. The van der Waals surface area contributed by atoms with Crippen LogP contribution in [-0.2, 0) is 23.3 Å². The second kappa shape index (κ2) is 9.84. The Labute approximate surface area is 211 Å². The lowest BCUT2D eigenvalue weighted by atomic mass is 9.83. The fraction of sp³-hybridized carbons (Fsp3) is 0.200. The molecule has 1 saturated heterocycles. The normalized spacial score (nSPS) is 17.6. The molecule has 0 spiro atoms. The van der Waals surface area contributed by atoms with E-state index < -0.39 is 5.54 Å². The molecule has 1 aliphatic rings. The van der Waals surface area contributed by atoms with Crippen LogP contribution in [0.5, 0.6) is 5.75 Å². The second-order valence-corrected chi connectivity index (χ2v) is 9.30.